The van der Waals surface area contributed by atoms with Crippen molar-refractivity contribution in [2.75, 3.05) is 7.11 Å². The topological polar surface area (TPSA) is 14.2 Å². The van der Waals surface area contributed by atoms with Gasteiger partial charge in [-0.15, -0.1) is 0 Å². The fourth-order valence-corrected chi connectivity index (χ4v) is 2.58. The van der Waals surface area contributed by atoms with Gasteiger partial charge < -0.3 is 9.30 Å². The monoisotopic (exact) mass is 331 g/mol. The highest BCUT2D eigenvalue weighted by Crippen LogP contribution is 2.34. The lowest BCUT2D eigenvalue weighted by Gasteiger charge is -2.10. The molecule has 24 heavy (non-hydrogen) atoms. The summed E-state index contributed by atoms with van der Waals surface area (Å²) in [7, 11) is 1.55. The van der Waals surface area contributed by atoms with Crippen LogP contribution in [0.25, 0.3) is 11.3 Å². The number of alkyl halides is 3. The van der Waals surface area contributed by atoms with Crippen molar-refractivity contribution in [3.8, 4) is 17.0 Å². The lowest BCUT2D eigenvalue weighted by Crippen LogP contribution is -2.04. The van der Waals surface area contributed by atoms with Crippen LogP contribution in [-0.2, 0) is 12.7 Å². The Bertz CT molecular complexity index is 805. The molecule has 0 N–H and O–H groups in total. The van der Waals surface area contributed by atoms with E-state index in [1.54, 1.807) is 35.9 Å². The van der Waals surface area contributed by atoms with Gasteiger partial charge in [0.1, 0.15) is 5.75 Å². The highest BCUT2D eigenvalue weighted by atomic mass is 19.4. The highest BCUT2D eigenvalue weighted by Gasteiger charge is 2.32. The first-order chi connectivity index (χ1) is 11.5. The average molecular weight is 331 g/mol. The van der Waals surface area contributed by atoms with E-state index in [1.807, 2.05) is 30.3 Å². The summed E-state index contributed by atoms with van der Waals surface area (Å²) in [6.45, 7) is 0.373. The Balaban J connectivity index is 2.03. The third-order valence-electron chi connectivity index (χ3n) is 3.81. The molecular weight excluding hydrogens is 315 g/mol. The molecular formula is C19H16F3NO. The summed E-state index contributed by atoms with van der Waals surface area (Å²) in [5.74, 6) is 0.663. The molecule has 0 aliphatic carbocycles. The Labute approximate surface area is 138 Å². The van der Waals surface area contributed by atoms with Gasteiger partial charge in [0, 0.05) is 18.4 Å². The van der Waals surface area contributed by atoms with Gasteiger partial charge in [0.2, 0.25) is 0 Å². The molecule has 0 bridgehead atoms. The highest BCUT2D eigenvalue weighted by molar-refractivity contribution is 5.62. The van der Waals surface area contributed by atoms with E-state index in [0.717, 1.165) is 11.8 Å². The number of halogens is 3. The molecule has 0 saturated carbocycles. The number of methoxy groups -OCH3 is 1. The van der Waals surface area contributed by atoms with Crippen molar-refractivity contribution in [1.29, 1.82) is 0 Å². The molecule has 0 amide bonds. The zero-order valence-corrected chi connectivity index (χ0v) is 13.0. The van der Waals surface area contributed by atoms with E-state index in [2.05, 4.69) is 0 Å². The summed E-state index contributed by atoms with van der Waals surface area (Å²) in [6, 6.07) is 17.6. The van der Waals surface area contributed by atoms with E-state index >= 15 is 0 Å². The van der Waals surface area contributed by atoms with Crippen molar-refractivity contribution in [3.63, 3.8) is 0 Å². The zero-order chi connectivity index (χ0) is 17.2. The minimum Gasteiger partial charge on any atom is -0.497 e. The summed E-state index contributed by atoms with van der Waals surface area (Å²) in [4.78, 5) is 0. The van der Waals surface area contributed by atoms with Gasteiger partial charge in [-0.25, -0.2) is 0 Å². The summed E-state index contributed by atoms with van der Waals surface area (Å²) in [5.41, 5.74) is 1.52. The lowest BCUT2D eigenvalue weighted by molar-refractivity contribution is -0.137. The van der Waals surface area contributed by atoms with E-state index in [0.29, 0.717) is 23.6 Å². The standard InChI is InChI=1S/C19H16F3NO/c1-24-17-9-7-15(8-10-17)18-11-16(19(20,21)22)13-23(18)12-14-5-3-2-4-6-14/h2-11,13H,12H2,1H3. The van der Waals surface area contributed by atoms with Crippen molar-refractivity contribution in [3.05, 3.63) is 78.0 Å². The van der Waals surface area contributed by atoms with Crippen LogP contribution in [0, 0.1) is 0 Å². The van der Waals surface area contributed by atoms with Crippen LogP contribution in [-0.4, -0.2) is 11.7 Å². The second-order valence-corrected chi connectivity index (χ2v) is 5.45. The van der Waals surface area contributed by atoms with Gasteiger partial charge in [0.05, 0.1) is 12.7 Å². The molecule has 0 fully saturated rings. The van der Waals surface area contributed by atoms with E-state index in [9.17, 15) is 13.2 Å². The second kappa shape index (κ2) is 6.43. The Morgan fingerprint density at radius 3 is 2.21 bits per heavy atom. The van der Waals surface area contributed by atoms with Crippen LogP contribution in [0.3, 0.4) is 0 Å². The Morgan fingerprint density at radius 1 is 0.958 bits per heavy atom. The summed E-state index contributed by atoms with van der Waals surface area (Å²) >= 11 is 0. The van der Waals surface area contributed by atoms with Gasteiger partial charge in [-0.3, -0.25) is 0 Å². The van der Waals surface area contributed by atoms with E-state index < -0.39 is 11.7 Å². The SMILES string of the molecule is COc1ccc(-c2cc(C(F)(F)F)cn2Cc2ccccc2)cc1. The predicted octanol–water partition coefficient (Wildman–Crippen LogP) is 5.23. The number of benzene rings is 2. The number of rotatable bonds is 4. The number of hydrogen-bond donors (Lipinski definition) is 0. The number of ether oxygens (including phenoxy) is 1. The number of hydrogen-bond acceptors (Lipinski definition) is 1. The van der Waals surface area contributed by atoms with Crippen LogP contribution in [0.5, 0.6) is 5.75 Å². The third-order valence-corrected chi connectivity index (χ3v) is 3.81. The molecule has 2 nitrogen and oxygen atoms in total. The Hall–Kier alpha value is -2.69. The molecule has 2 aromatic carbocycles. The molecule has 0 spiro atoms. The van der Waals surface area contributed by atoms with Crippen LogP contribution in [0.1, 0.15) is 11.1 Å². The number of nitrogens with zero attached hydrogens (tertiary/aromatic N) is 1. The van der Waals surface area contributed by atoms with E-state index in [1.165, 1.54) is 6.07 Å². The maximum atomic E-state index is 13.1. The Morgan fingerprint density at radius 2 is 1.62 bits per heavy atom. The van der Waals surface area contributed by atoms with Crippen molar-refractivity contribution >= 4 is 0 Å². The van der Waals surface area contributed by atoms with Crippen LogP contribution in [0.4, 0.5) is 13.2 Å². The first kappa shape index (κ1) is 16.2. The maximum Gasteiger partial charge on any atom is 0.417 e. The number of aromatic nitrogens is 1. The third kappa shape index (κ3) is 3.45. The Kier molecular flexibility index (Phi) is 4.34. The second-order valence-electron chi connectivity index (χ2n) is 5.45. The molecule has 0 unspecified atom stereocenters. The zero-order valence-electron chi connectivity index (χ0n) is 13.0. The first-order valence-electron chi connectivity index (χ1n) is 7.43. The average Bonchev–Trinajstić information content (AvgIpc) is 3.00. The van der Waals surface area contributed by atoms with Gasteiger partial charge in [0.15, 0.2) is 0 Å². The van der Waals surface area contributed by atoms with Crippen molar-refractivity contribution in [2.24, 2.45) is 0 Å². The van der Waals surface area contributed by atoms with Crippen molar-refractivity contribution in [2.45, 2.75) is 12.7 Å². The van der Waals surface area contributed by atoms with Crippen LogP contribution in [0.15, 0.2) is 66.9 Å². The van der Waals surface area contributed by atoms with Crippen molar-refractivity contribution < 1.29 is 17.9 Å². The molecule has 0 aliphatic heterocycles. The summed E-state index contributed by atoms with van der Waals surface area (Å²) in [5, 5.41) is 0. The van der Waals surface area contributed by atoms with Gasteiger partial charge in [-0.05, 0) is 41.5 Å². The molecule has 3 rings (SSSR count). The molecule has 0 radical (unpaired) electrons. The van der Waals surface area contributed by atoms with Crippen molar-refractivity contribution in [1.82, 2.24) is 4.57 Å². The van der Waals surface area contributed by atoms with Gasteiger partial charge in [0.25, 0.3) is 0 Å². The molecule has 1 heterocycles. The first-order valence-corrected chi connectivity index (χ1v) is 7.43. The van der Waals surface area contributed by atoms with Gasteiger partial charge in [-0.2, -0.15) is 13.2 Å². The molecule has 3 aromatic rings. The lowest BCUT2D eigenvalue weighted by atomic mass is 10.1. The fourth-order valence-electron chi connectivity index (χ4n) is 2.58. The molecule has 124 valence electrons. The van der Waals surface area contributed by atoms with Crippen LogP contribution >= 0.6 is 0 Å². The van der Waals surface area contributed by atoms with Gasteiger partial charge in [-0.1, -0.05) is 30.3 Å². The quantitative estimate of drug-likeness (QED) is 0.638. The molecule has 0 saturated heterocycles. The molecule has 1 aromatic heterocycles. The molecule has 5 heteroatoms. The minimum absolute atomic E-state index is 0.373. The summed E-state index contributed by atoms with van der Waals surface area (Å²) < 4.78 is 46.1. The van der Waals surface area contributed by atoms with Crippen LogP contribution < -0.4 is 4.74 Å². The summed E-state index contributed by atoms with van der Waals surface area (Å²) in [6.07, 6.45) is -3.21. The largest absolute Gasteiger partial charge is 0.497 e. The van der Waals surface area contributed by atoms with E-state index in [4.69, 9.17) is 4.74 Å². The fraction of sp³-hybridized carbons (Fsp3) is 0.158. The van der Waals surface area contributed by atoms with E-state index in [-0.39, 0.29) is 0 Å². The molecule has 0 atom stereocenters. The van der Waals surface area contributed by atoms with Gasteiger partial charge >= 0.3 is 6.18 Å². The normalized spacial score (nSPS) is 11.5. The predicted molar refractivity (Wildman–Crippen MR) is 87.0 cm³/mol. The smallest absolute Gasteiger partial charge is 0.417 e. The van der Waals surface area contributed by atoms with Crippen LogP contribution in [0.2, 0.25) is 0 Å². The minimum atomic E-state index is -4.37. The molecule has 0 aliphatic rings. The maximum absolute atomic E-state index is 13.1.